The summed E-state index contributed by atoms with van der Waals surface area (Å²) in [5.74, 6) is 2.33. The van der Waals surface area contributed by atoms with Crippen LogP contribution in [-0.4, -0.2) is 46.4 Å². The molecular formula is C14H19N3O2. The third-order valence-corrected chi connectivity index (χ3v) is 3.39. The average molecular weight is 261 g/mol. The number of terminal acetylenes is 1. The van der Waals surface area contributed by atoms with Gasteiger partial charge in [-0.15, -0.1) is 6.42 Å². The number of ether oxygens (including phenoxy) is 1. The van der Waals surface area contributed by atoms with Crippen LogP contribution in [0.5, 0.6) is 0 Å². The van der Waals surface area contributed by atoms with Crippen LogP contribution < -0.4 is 0 Å². The van der Waals surface area contributed by atoms with Gasteiger partial charge in [-0.1, -0.05) is 5.92 Å². The van der Waals surface area contributed by atoms with E-state index in [9.17, 15) is 4.79 Å². The lowest BCUT2D eigenvalue weighted by molar-refractivity contribution is 0.0407. The zero-order valence-electron chi connectivity index (χ0n) is 11.2. The van der Waals surface area contributed by atoms with Crippen molar-refractivity contribution in [3.05, 3.63) is 18.0 Å². The van der Waals surface area contributed by atoms with Gasteiger partial charge in [0.1, 0.15) is 6.61 Å². The minimum Gasteiger partial charge on any atom is -0.460 e. The van der Waals surface area contributed by atoms with E-state index in [2.05, 4.69) is 15.9 Å². The molecule has 2 rings (SSSR count). The van der Waals surface area contributed by atoms with Crippen LogP contribution in [0.2, 0.25) is 0 Å². The Morgan fingerprint density at radius 2 is 2.53 bits per heavy atom. The molecule has 1 aliphatic rings. The Labute approximate surface area is 113 Å². The summed E-state index contributed by atoms with van der Waals surface area (Å²) in [6, 6.07) is 0.251. The van der Waals surface area contributed by atoms with Crippen molar-refractivity contribution in [1.82, 2.24) is 14.7 Å². The van der Waals surface area contributed by atoms with E-state index in [-0.39, 0.29) is 12.0 Å². The maximum absolute atomic E-state index is 11.9. The van der Waals surface area contributed by atoms with Gasteiger partial charge in [0, 0.05) is 18.8 Å². The molecule has 5 heteroatoms. The van der Waals surface area contributed by atoms with Gasteiger partial charge in [0.15, 0.2) is 0 Å². The molecule has 0 saturated carbocycles. The van der Waals surface area contributed by atoms with E-state index in [4.69, 9.17) is 11.2 Å². The highest BCUT2D eigenvalue weighted by Gasteiger charge is 2.25. The maximum atomic E-state index is 11.9. The van der Waals surface area contributed by atoms with Crippen molar-refractivity contribution >= 4 is 5.97 Å². The summed E-state index contributed by atoms with van der Waals surface area (Å²) < 4.78 is 7.05. The fraction of sp³-hybridized carbons (Fsp3) is 0.571. The van der Waals surface area contributed by atoms with Crippen molar-refractivity contribution in [3.63, 3.8) is 0 Å². The lowest BCUT2D eigenvalue weighted by atomic mass is 10.2. The second-order valence-electron chi connectivity index (χ2n) is 4.65. The fourth-order valence-electron chi connectivity index (χ4n) is 2.31. The predicted molar refractivity (Wildman–Crippen MR) is 71.6 cm³/mol. The minimum absolute atomic E-state index is 0.251. The zero-order valence-corrected chi connectivity index (χ0v) is 11.2. The Kier molecular flexibility index (Phi) is 4.58. The lowest BCUT2D eigenvalue weighted by Gasteiger charge is -2.21. The van der Waals surface area contributed by atoms with Crippen molar-refractivity contribution in [2.45, 2.75) is 32.4 Å². The third kappa shape index (κ3) is 3.36. The number of carbonyl (C=O) groups excluding carboxylic acids is 1. The van der Waals surface area contributed by atoms with Crippen LogP contribution in [0, 0.1) is 12.3 Å². The summed E-state index contributed by atoms with van der Waals surface area (Å²) in [5, 5.41) is 4.06. The Bertz CT molecular complexity index is 475. The molecule has 1 saturated heterocycles. The van der Waals surface area contributed by atoms with E-state index in [1.807, 2.05) is 6.92 Å². The molecule has 0 bridgehead atoms. The maximum Gasteiger partial charge on any atom is 0.341 e. The highest BCUT2D eigenvalue weighted by molar-refractivity contribution is 5.88. The summed E-state index contributed by atoms with van der Waals surface area (Å²) in [7, 11) is 0. The van der Waals surface area contributed by atoms with Crippen LogP contribution in [0.4, 0.5) is 0 Å². The molecule has 0 aliphatic carbocycles. The number of likely N-dealkylation sites (tertiary alicyclic amines) is 1. The lowest BCUT2D eigenvalue weighted by Crippen LogP contribution is -2.34. The van der Waals surface area contributed by atoms with Gasteiger partial charge in [0.25, 0.3) is 0 Å². The van der Waals surface area contributed by atoms with Crippen LogP contribution in [-0.2, 0) is 11.3 Å². The first-order chi connectivity index (χ1) is 9.24. The van der Waals surface area contributed by atoms with Crippen molar-refractivity contribution in [3.8, 4) is 12.3 Å². The van der Waals surface area contributed by atoms with Crippen molar-refractivity contribution in [2.24, 2.45) is 0 Å². The second kappa shape index (κ2) is 6.39. The van der Waals surface area contributed by atoms with Gasteiger partial charge >= 0.3 is 5.97 Å². The van der Waals surface area contributed by atoms with E-state index in [0.717, 1.165) is 25.9 Å². The van der Waals surface area contributed by atoms with Gasteiger partial charge in [-0.25, -0.2) is 4.79 Å². The SMILES string of the molecule is C#CCN1CCCC1COC(=O)c1cnn(CC)c1. The van der Waals surface area contributed by atoms with Crippen molar-refractivity contribution < 1.29 is 9.53 Å². The number of esters is 1. The highest BCUT2D eigenvalue weighted by atomic mass is 16.5. The molecule has 1 fully saturated rings. The van der Waals surface area contributed by atoms with Crippen LogP contribution in [0.25, 0.3) is 0 Å². The van der Waals surface area contributed by atoms with E-state index in [1.54, 1.807) is 17.1 Å². The monoisotopic (exact) mass is 261 g/mol. The normalized spacial score (nSPS) is 19.3. The zero-order chi connectivity index (χ0) is 13.7. The number of carbonyl (C=O) groups is 1. The van der Waals surface area contributed by atoms with Gasteiger partial charge in [-0.3, -0.25) is 9.58 Å². The molecule has 0 radical (unpaired) electrons. The summed E-state index contributed by atoms with van der Waals surface area (Å²) in [5.41, 5.74) is 0.503. The van der Waals surface area contributed by atoms with Crippen LogP contribution >= 0.6 is 0 Å². The van der Waals surface area contributed by atoms with Gasteiger partial charge in [-0.05, 0) is 26.3 Å². The molecule has 1 aromatic rings. The Morgan fingerprint density at radius 1 is 1.68 bits per heavy atom. The number of nitrogens with zero attached hydrogens (tertiary/aromatic N) is 3. The molecule has 2 heterocycles. The first kappa shape index (κ1) is 13.6. The first-order valence-corrected chi connectivity index (χ1v) is 6.61. The number of hydrogen-bond donors (Lipinski definition) is 0. The average Bonchev–Trinajstić information content (AvgIpc) is 3.05. The molecule has 0 amide bonds. The quantitative estimate of drug-likeness (QED) is 0.589. The smallest absolute Gasteiger partial charge is 0.341 e. The topological polar surface area (TPSA) is 47.4 Å². The first-order valence-electron chi connectivity index (χ1n) is 6.61. The van der Waals surface area contributed by atoms with Crippen LogP contribution in [0.1, 0.15) is 30.1 Å². The number of aromatic nitrogens is 2. The molecule has 1 aromatic heterocycles. The van der Waals surface area contributed by atoms with E-state index >= 15 is 0 Å². The molecule has 1 atom stereocenters. The van der Waals surface area contributed by atoms with Crippen LogP contribution in [0.3, 0.4) is 0 Å². The fourth-order valence-corrected chi connectivity index (χ4v) is 2.31. The molecule has 5 nitrogen and oxygen atoms in total. The Morgan fingerprint density at radius 3 is 3.21 bits per heavy atom. The minimum atomic E-state index is -0.313. The number of aryl methyl sites for hydroxylation is 1. The van der Waals surface area contributed by atoms with Gasteiger partial charge in [0.05, 0.1) is 18.3 Å². The highest BCUT2D eigenvalue weighted by Crippen LogP contribution is 2.17. The largest absolute Gasteiger partial charge is 0.460 e. The standard InChI is InChI=1S/C14H19N3O2/c1-3-7-16-8-5-6-13(16)11-19-14(18)12-9-15-17(4-2)10-12/h1,9-10,13H,4-8,11H2,2H3. The van der Waals surface area contributed by atoms with E-state index in [0.29, 0.717) is 18.7 Å². The summed E-state index contributed by atoms with van der Waals surface area (Å²) in [6.07, 6.45) is 10.7. The van der Waals surface area contributed by atoms with Crippen LogP contribution in [0.15, 0.2) is 12.4 Å². The van der Waals surface area contributed by atoms with E-state index < -0.39 is 0 Å². The summed E-state index contributed by atoms with van der Waals surface area (Å²) in [6.45, 7) is 4.72. The third-order valence-electron chi connectivity index (χ3n) is 3.39. The predicted octanol–water partition coefficient (Wildman–Crippen LogP) is 1.16. The summed E-state index contributed by atoms with van der Waals surface area (Å²) >= 11 is 0. The van der Waals surface area contributed by atoms with E-state index in [1.165, 1.54) is 0 Å². The molecule has 0 spiro atoms. The number of hydrogen-bond acceptors (Lipinski definition) is 4. The molecule has 1 unspecified atom stereocenters. The second-order valence-corrected chi connectivity index (χ2v) is 4.65. The molecular weight excluding hydrogens is 242 g/mol. The number of rotatable bonds is 5. The molecule has 1 aliphatic heterocycles. The van der Waals surface area contributed by atoms with Crippen molar-refractivity contribution in [1.29, 1.82) is 0 Å². The molecule has 0 N–H and O–H groups in total. The molecule has 0 aromatic carbocycles. The van der Waals surface area contributed by atoms with Gasteiger partial charge < -0.3 is 4.74 Å². The molecule has 102 valence electrons. The van der Waals surface area contributed by atoms with Gasteiger partial charge in [-0.2, -0.15) is 5.10 Å². The Hall–Kier alpha value is -1.80. The van der Waals surface area contributed by atoms with Gasteiger partial charge in [0.2, 0.25) is 0 Å². The summed E-state index contributed by atoms with van der Waals surface area (Å²) in [4.78, 5) is 14.0. The van der Waals surface area contributed by atoms with Crippen molar-refractivity contribution in [2.75, 3.05) is 19.7 Å². The Balaban J connectivity index is 1.84. The molecule has 19 heavy (non-hydrogen) atoms.